The maximum atomic E-state index is 14.2. The van der Waals surface area contributed by atoms with Crippen LogP contribution in [0.2, 0.25) is 0 Å². The second-order valence-electron chi connectivity index (χ2n) is 10.3. The van der Waals surface area contributed by atoms with Crippen molar-refractivity contribution >= 4 is 39.3 Å². The van der Waals surface area contributed by atoms with Crippen molar-refractivity contribution in [3.63, 3.8) is 0 Å². The number of halogens is 1. The molecule has 0 aliphatic carbocycles. The highest BCUT2D eigenvalue weighted by atomic mass is 79.9. The average molecular weight is 678 g/mol. The van der Waals surface area contributed by atoms with Crippen LogP contribution in [-0.4, -0.2) is 30.4 Å². The van der Waals surface area contributed by atoms with Gasteiger partial charge in [0.15, 0.2) is 16.3 Å². The molecule has 5 rings (SSSR count). The number of methoxy groups -OCH3 is 1. The zero-order valence-electron chi connectivity index (χ0n) is 25.1. The van der Waals surface area contributed by atoms with Crippen LogP contribution in [0.4, 0.5) is 0 Å². The minimum atomic E-state index is -0.783. The van der Waals surface area contributed by atoms with Crippen LogP contribution < -0.4 is 29.1 Å². The van der Waals surface area contributed by atoms with E-state index in [-0.39, 0.29) is 18.3 Å². The van der Waals surface area contributed by atoms with Crippen LogP contribution in [0, 0.1) is 0 Å². The van der Waals surface area contributed by atoms with Crippen LogP contribution in [0.5, 0.6) is 17.2 Å². The smallest absolute Gasteiger partial charge is 0.338 e. The molecule has 0 unspecified atom stereocenters. The Labute approximate surface area is 268 Å². The molecule has 228 valence electrons. The second kappa shape index (κ2) is 13.7. The van der Waals surface area contributed by atoms with E-state index in [1.807, 2.05) is 80.6 Å². The average Bonchev–Trinajstić information content (AvgIpc) is 3.31. The van der Waals surface area contributed by atoms with E-state index in [0.29, 0.717) is 50.0 Å². The first-order chi connectivity index (χ1) is 21.2. The van der Waals surface area contributed by atoms with E-state index in [1.54, 1.807) is 31.6 Å². The standard InChI is InChI=1S/C34H33BrN2O6S/c1-6-41-33(39)30-21(4)36-34-37(31(30)24-14-10-11-15-26(24)43-20(2)3)32(38)29(44-34)17-23-16-27(40-5)28(18-25(23)35)42-19-22-12-8-7-9-13-22/h7-18,20,31H,6,19H2,1-5H3/b29-17+/t31-/m0/s1. The highest BCUT2D eigenvalue weighted by molar-refractivity contribution is 9.10. The molecule has 0 saturated carbocycles. The molecule has 0 fully saturated rings. The quantitative estimate of drug-likeness (QED) is 0.193. The van der Waals surface area contributed by atoms with Gasteiger partial charge in [-0.1, -0.05) is 75.8 Å². The Morgan fingerprint density at radius 2 is 1.80 bits per heavy atom. The van der Waals surface area contributed by atoms with E-state index >= 15 is 0 Å². The highest BCUT2D eigenvalue weighted by Crippen LogP contribution is 2.37. The largest absolute Gasteiger partial charge is 0.493 e. The van der Waals surface area contributed by atoms with Gasteiger partial charge in [-0.2, -0.15) is 0 Å². The molecule has 0 amide bonds. The first kappa shape index (κ1) is 31.3. The third-order valence-electron chi connectivity index (χ3n) is 6.90. The summed E-state index contributed by atoms with van der Waals surface area (Å²) >= 11 is 4.89. The number of ether oxygens (including phenoxy) is 4. The van der Waals surface area contributed by atoms with Gasteiger partial charge < -0.3 is 18.9 Å². The van der Waals surface area contributed by atoms with Crippen LogP contribution in [0.3, 0.4) is 0 Å². The van der Waals surface area contributed by atoms with Gasteiger partial charge in [0.25, 0.3) is 5.56 Å². The molecule has 0 saturated heterocycles. The Kier molecular flexibility index (Phi) is 9.71. The molecular weight excluding hydrogens is 644 g/mol. The van der Waals surface area contributed by atoms with Crippen molar-refractivity contribution in [3.05, 3.63) is 119 Å². The third-order valence-corrected chi connectivity index (χ3v) is 8.57. The lowest BCUT2D eigenvalue weighted by molar-refractivity contribution is -0.139. The Balaban J connectivity index is 1.62. The molecule has 8 nitrogen and oxygen atoms in total. The molecule has 1 aliphatic rings. The molecular formula is C34H33BrN2O6S. The van der Waals surface area contributed by atoms with E-state index in [9.17, 15) is 9.59 Å². The molecule has 3 aromatic carbocycles. The van der Waals surface area contributed by atoms with Crippen LogP contribution in [-0.2, 0) is 16.1 Å². The molecule has 0 spiro atoms. The number of fused-ring (bicyclic) bond motifs is 1. The summed E-state index contributed by atoms with van der Waals surface area (Å²) in [6, 6.07) is 20.2. The number of para-hydroxylation sites is 1. The fraction of sp³-hybridized carbons (Fsp3) is 0.265. The van der Waals surface area contributed by atoms with E-state index in [1.165, 1.54) is 11.3 Å². The van der Waals surface area contributed by atoms with Crippen LogP contribution >= 0.6 is 27.3 Å². The number of thiazole rings is 1. The van der Waals surface area contributed by atoms with Crippen LogP contribution in [0.15, 0.2) is 92.3 Å². The van der Waals surface area contributed by atoms with Crippen molar-refractivity contribution in [2.75, 3.05) is 13.7 Å². The number of esters is 1. The summed E-state index contributed by atoms with van der Waals surface area (Å²) in [5.41, 5.74) is 2.93. The zero-order valence-corrected chi connectivity index (χ0v) is 27.5. The summed E-state index contributed by atoms with van der Waals surface area (Å²) in [6.07, 6.45) is 1.67. The first-order valence-electron chi connectivity index (χ1n) is 14.2. The lowest BCUT2D eigenvalue weighted by Gasteiger charge is -2.26. The summed E-state index contributed by atoms with van der Waals surface area (Å²) in [5.74, 6) is 1.16. The molecule has 0 N–H and O–H groups in total. The van der Waals surface area contributed by atoms with Crippen molar-refractivity contribution in [2.45, 2.75) is 46.4 Å². The molecule has 2 heterocycles. The molecule has 1 atom stereocenters. The topological polar surface area (TPSA) is 88.4 Å². The summed E-state index contributed by atoms with van der Waals surface area (Å²) in [6.45, 7) is 7.94. The predicted molar refractivity (Wildman–Crippen MR) is 174 cm³/mol. The fourth-order valence-electron chi connectivity index (χ4n) is 4.96. The van der Waals surface area contributed by atoms with Gasteiger partial charge in [0.1, 0.15) is 18.4 Å². The van der Waals surface area contributed by atoms with Crippen LogP contribution in [0.25, 0.3) is 6.08 Å². The molecule has 10 heteroatoms. The second-order valence-corrected chi connectivity index (χ2v) is 12.2. The van der Waals surface area contributed by atoms with Gasteiger partial charge in [0, 0.05) is 10.0 Å². The van der Waals surface area contributed by atoms with Gasteiger partial charge in [-0.3, -0.25) is 9.36 Å². The SMILES string of the molecule is CCOC(=O)C1=C(C)N=c2s/c(=C/c3cc(OC)c(OCc4ccccc4)cc3Br)c(=O)n2[C@H]1c1ccccc1OC(C)C. The summed E-state index contributed by atoms with van der Waals surface area (Å²) in [7, 11) is 1.58. The number of nitrogens with zero attached hydrogens (tertiary/aromatic N) is 2. The third kappa shape index (κ3) is 6.51. The lowest BCUT2D eigenvalue weighted by Crippen LogP contribution is -2.40. The number of aromatic nitrogens is 1. The number of allylic oxidation sites excluding steroid dienone is 1. The van der Waals surface area contributed by atoms with Crippen molar-refractivity contribution in [1.82, 2.24) is 4.57 Å². The van der Waals surface area contributed by atoms with Gasteiger partial charge >= 0.3 is 5.97 Å². The van der Waals surface area contributed by atoms with Crippen molar-refractivity contribution < 1.29 is 23.7 Å². The minimum Gasteiger partial charge on any atom is -0.493 e. The van der Waals surface area contributed by atoms with Gasteiger partial charge in [0.2, 0.25) is 0 Å². The number of benzene rings is 3. The summed E-state index contributed by atoms with van der Waals surface area (Å²) < 4.78 is 26.0. The number of carbonyl (C=O) groups excluding carboxylic acids is 1. The summed E-state index contributed by atoms with van der Waals surface area (Å²) in [5, 5.41) is 0. The minimum absolute atomic E-state index is 0.116. The van der Waals surface area contributed by atoms with E-state index in [2.05, 4.69) is 20.9 Å². The Morgan fingerprint density at radius 1 is 1.07 bits per heavy atom. The maximum Gasteiger partial charge on any atom is 0.338 e. The predicted octanol–water partition coefficient (Wildman–Crippen LogP) is 5.94. The molecule has 1 aliphatic heterocycles. The first-order valence-corrected chi connectivity index (χ1v) is 15.8. The lowest BCUT2D eigenvalue weighted by atomic mass is 9.95. The monoisotopic (exact) mass is 676 g/mol. The number of carbonyl (C=O) groups is 1. The number of rotatable bonds is 10. The van der Waals surface area contributed by atoms with Crippen LogP contribution in [0.1, 0.15) is 50.4 Å². The Morgan fingerprint density at radius 3 is 2.50 bits per heavy atom. The van der Waals surface area contributed by atoms with Crippen molar-refractivity contribution in [1.29, 1.82) is 0 Å². The van der Waals surface area contributed by atoms with E-state index in [0.717, 1.165) is 15.6 Å². The maximum absolute atomic E-state index is 14.2. The zero-order chi connectivity index (χ0) is 31.4. The van der Waals surface area contributed by atoms with Crippen molar-refractivity contribution in [3.8, 4) is 17.2 Å². The molecule has 4 aromatic rings. The number of hydrogen-bond acceptors (Lipinski definition) is 8. The number of hydrogen-bond donors (Lipinski definition) is 0. The normalized spacial score (nSPS) is 14.7. The Bertz CT molecular complexity index is 1890. The van der Waals surface area contributed by atoms with Gasteiger partial charge in [-0.25, -0.2) is 9.79 Å². The van der Waals surface area contributed by atoms with Crippen molar-refractivity contribution in [2.24, 2.45) is 4.99 Å². The molecule has 1 aromatic heterocycles. The van der Waals surface area contributed by atoms with Gasteiger partial charge in [-0.15, -0.1) is 0 Å². The van der Waals surface area contributed by atoms with E-state index in [4.69, 9.17) is 18.9 Å². The molecule has 44 heavy (non-hydrogen) atoms. The molecule has 0 radical (unpaired) electrons. The molecule has 0 bridgehead atoms. The van der Waals surface area contributed by atoms with Gasteiger partial charge in [0.05, 0.1) is 35.6 Å². The van der Waals surface area contributed by atoms with Gasteiger partial charge in [-0.05, 0) is 63.1 Å². The summed E-state index contributed by atoms with van der Waals surface area (Å²) in [4.78, 5) is 32.6. The van der Waals surface area contributed by atoms with E-state index < -0.39 is 12.0 Å². The fourth-order valence-corrected chi connectivity index (χ4v) is 6.44. The Hall–Kier alpha value is -4.15. The highest BCUT2D eigenvalue weighted by Gasteiger charge is 2.35.